The molecule has 0 aliphatic carbocycles. The van der Waals surface area contributed by atoms with Crippen LogP contribution in [0.15, 0.2) is 59.5 Å². The van der Waals surface area contributed by atoms with E-state index in [0.717, 1.165) is 10.5 Å². The van der Waals surface area contributed by atoms with Crippen LogP contribution < -0.4 is 11.1 Å². The van der Waals surface area contributed by atoms with E-state index in [1.165, 1.54) is 42.6 Å². The van der Waals surface area contributed by atoms with Gasteiger partial charge in [0.05, 0.1) is 16.7 Å². The molecule has 4 heterocycles. The lowest BCUT2D eigenvalue weighted by Crippen LogP contribution is -2.72. The minimum Gasteiger partial charge on any atom is -0.426 e. The molecule has 4 aliphatic rings. The molecule has 6 atom stereocenters. The zero-order valence-corrected chi connectivity index (χ0v) is 30.7. The summed E-state index contributed by atoms with van der Waals surface area (Å²) in [7, 11) is -8.19. The Morgan fingerprint density at radius 3 is 2.10 bits per heavy atom. The largest absolute Gasteiger partial charge is 0.426 e. The lowest BCUT2D eigenvalue weighted by Gasteiger charge is -2.43. The first kappa shape index (κ1) is 38.2. The summed E-state index contributed by atoms with van der Waals surface area (Å²) in [4.78, 5) is 65.9. The zero-order valence-electron chi connectivity index (χ0n) is 28.2. The maximum absolute atomic E-state index is 13.4. The van der Waals surface area contributed by atoms with Crippen LogP contribution in [0.1, 0.15) is 51.3 Å². The van der Waals surface area contributed by atoms with E-state index in [1.54, 1.807) is 42.5 Å². The van der Waals surface area contributed by atoms with Crippen LogP contribution in [0.4, 0.5) is 0 Å². The number of esters is 2. The van der Waals surface area contributed by atoms with Crippen LogP contribution >= 0.6 is 11.8 Å². The van der Waals surface area contributed by atoms with Gasteiger partial charge in [0, 0.05) is 4.75 Å². The third-order valence-corrected chi connectivity index (χ3v) is 14.5. The molecule has 0 aromatic heterocycles. The Morgan fingerprint density at radius 1 is 0.980 bits per heavy atom. The molecule has 4 N–H and O–H groups in total. The zero-order chi connectivity index (χ0) is 37.8. The maximum Gasteiger partial charge on any atom is 0.333 e. The molecule has 3 amide bonds. The molecule has 4 fully saturated rings. The van der Waals surface area contributed by atoms with Crippen LogP contribution in [0.5, 0.6) is 0 Å². The molecule has 276 valence electrons. The minimum atomic E-state index is -4.17. The highest BCUT2D eigenvalue weighted by Gasteiger charge is 2.73. The Hall–Kier alpha value is -4.04. The monoisotopic (exact) mass is 766 g/mol. The normalized spacial score (nSPS) is 27.0. The van der Waals surface area contributed by atoms with Crippen molar-refractivity contribution in [2.75, 3.05) is 6.79 Å². The molecule has 2 aromatic rings. The fourth-order valence-electron chi connectivity index (χ4n) is 6.45. The quantitative estimate of drug-likeness (QED) is 0.145. The first-order valence-corrected chi connectivity index (χ1v) is 19.5. The van der Waals surface area contributed by atoms with Gasteiger partial charge in [0.1, 0.15) is 28.9 Å². The third-order valence-electron chi connectivity index (χ3n) is 9.30. The van der Waals surface area contributed by atoms with E-state index in [9.17, 15) is 40.8 Å². The second kappa shape index (κ2) is 13.5. The molecule has 19 heteroatoms. The number of thioether (sulfide) groups is 1. The van der Waals surface area contributed by atoms with Gasteiger partial charge in [-0.05, 0) is 52.3 Å². The van der Waals surface area contributed by atoms with Crippen LogP contribution in [0.25, 0.3) is 0 Å². The summed E-state index contributed by atoms with van der Waals surface area (Å²) in [6.45, 7) is 7.21. The number of benzene rings is 2. The summed E-state index contributed by atoms with van der Waals surface area (Å²) in [5.41, 5.74) is 7.42. The van der Waals surface area contributed by atoms with Crippen molar-refractivity contribution >= 4 is 61.4 Å². The van der Waals surface area contributed by atoms with Crippen LogP contribution in [0.3, 0.4) is 0 Å². The molecule has 4 saturated heterocycles. The van der Waals surface area contributed by atoms with E-state index >= 15 is 0 Å². The Bertz CT molecular complexity index is 1970. The number of ether oxygens (including phenoxy) is 2. The number of sulfone groups is 1. The van der Waals surface area contributed by atoms with E-state index < -0.39 is 89.5 Å². The van der Waals surface area contributed by atoms with Crippen molar-refractivity contribution in [2.45, 2.75) is 90.3 Å². The maximum atomic E-state index is 13.4. The topological polar surface area (TPSA) is 237 Å². The number of β-lactam (4-membered cyclic amide) rings is 2. The van der Waals surface area contributed by atoms with E-state index in [4.69, 9.17) is 19.8 Å². The number of nitrogens with two attached hydrogens (primary N) is 1. The fraction of sp³-hybridized carbons (Fsp3) is 0.469. The third kappa shape index (κ3) is 6.84. The second-order valence-corrected chi connectivity index (χ2v) is 19.4. The molecule has 0 saturated carbocycles. The molecule has 4 aliphatic heterocycles. The second-order valence-electron chi connectivity index (χ2n) is 13.5. The predicted molar refractivity (Wildman–Crippen MR) is 181 cm³/mol. The van der Waals surface area contributed by atoms with Gasteiger partial charge in [0.15, 0.2) is 15.2 Å². The molecule has 0 spiro atoms. The van der Waals surface area contributed by atoms with Crippen molar-refractivity contribution in [2.24, 2.45) is 5.73 Å². The average molecular weight is 767 g/mol. The van der Waals surface area contributed by atoms with Gasteiger partial charge in [-0.25, -0.2) is 18.0 Å². The van der Waals surface area contributed by atoms with E-state index in [2.05, 4.69) is 5.32 Å². The first-order chi connectivity index (χ1) is 23.6. The molecule has 6 unspecified atom stereocenters. The molecule has 0 bridgehead atoms. The molecule has 2 aromatic carbocycles. The van der Waals surface area contributed by atoms with Gasteiger partial charge >= 0.3 is 11.9 Å². The first-order valence-electron chi connectivity index (χ1n) is 15.6. The molecule has 51 heavy (non-hydrogen) atoms. The Morgan fingerprint density at radius 2 is 1.55 bits per heavy atom. The number of carbonyl (C=O) groups excluding carboxylic acids is 5. The van der Waals surface area contributed by atoms with E-state index in [0.29, 0.717) is 12.0 Å². The van der Waals surface area contributed by atoms with Gasteiger partial charge in [-0.1, -0.05) is 48.0 Å². The van der Waals surface area contributed by atoms with Crippen molar-refractivity contribution in [1.29, 1.82) is 0 Å². The Labute approximate surface area is 299 Å². The molecule has 16 nitrogen and oxygen atoms in total. The standard InChI is InChI=1S/C25H30N4O9S2.C7H8O3S/c1-24(2)17(28-13(30)10-14(28)39-24)22(33)37-11-38-23(34)18-25(3,4)40(35,36)21-16(20(32)29(18)21)27-19(31)15(26)12-8-6-5-7-9-12;1-6-2-4-7(5-3-6)11(8,9)10/h5-9,14-18,21H,10-11,26H2,1-4H3,(H,27,31);2-5H,1H3,(H,8,9,10). The number of hydrogen-bond donors (Lipinski definition) is 3. The number of nitrogens with zero attached hydrogens (tertiary/aromatic N) is 2. The summed E-state index contributed by atoms with van der Waals surface area (Å²) in [5, 5.41) is 0.806. The van der Waals surface area contributed by atoms with Gasteiger partial charge in [0.2, 0.25) is 24.5 Å². The van der Waals surface area contributed by atoms with Crippen LogP contribution in [-0.2, 0) is 53.4 Å². The number of aryl methyl sites for hydroxylation is 1. The summed E-state index contributed by atoms with van der Waals surface area (Å²) < 4.78 is 64.2. The van der Waals surface area contributed by atoms with Crippen molar-refractivity contribution in [3.05, 3.63) is 65.7 Å². The number of fused-ring (bicyclic) bond motifs is 2. The highest BCUT2D eigenvalue weighted by Crippen LogP contribution is 2.51. The summed E-state index contributed by atoms with van der Waals surface area (Å²) in [6, 6.07) is 9.39. The number of rotatable bonds is 8. The van der Waals surface area contributed by atoms with Gasteiger partial charge in [0.25, 0.3) is 10.1 Å². The van der Waals surface area contributed by atoms with Crippen LogP contribution in [0, 0.1) is 6.92 Å². The van der Waals surface area contributed by atoms with Gasteiger partial charge in [-0.3, -0.25) is 18.9 Å². The molecule has 0 radical (unpaired) electrons. The number of hydrogen-bond acceptors (Lipinski definition) is 13. The minimum absolute atomic E-state index is 0.0666. The number of nitrogens with one attached hydrogen (secondary N) is 1. The molecular formula is C32H38N4O12S3. The lowest BCUT2D eigenvalue weighted by molar-refractivity contribution is -0.181. The fourth-order valence-corrected chi connectivity index (χ4v) is 10.8. The smallest absolute Gasteiger partial charge is 0.333 e. The van der Waals surface area contributed by atoms with Gasteiger partial charge in [-0.2, -0.15) is 8.42 Å². The summed E-state index contributed by atoms with van der Waals surface area (Å²) in [6.07, 6.45) is 0.336. The molecular weight excluding hydrogens is 729 g/mol. The highest BCUT2D eigenvalue weighted by atomic mass is 32.2. The van der Waals surface area contributed by atoms with Crippen molar-refractivity contribution in [3.63, 3.8) is 0 Å². The average Bonchev–Trinajstić information content (AvgIpc) is 3.36. The number of carbonyl (C=O) groups is 5. The van der Waals surface area contributed by atoms with E-state index in [-0.39, 0.29) is 16.2 Å². The SMILES string of the molecule is CC1(C)SC2CC(=O)N2C1C(=O)OCOC(=O)C1N2C(=O)C(NC(=O)C(N)c3ccccc3)C2S(=O)(=O)C1(C)C.Cc1ccc(S(=O)(=O)O)cc1. The highest BCUT2D eigenvalue weighted by molar-refractivity contribution is 8.01. The van der Waals surface area contributed by atoms with Crippen LogP contribution in [-0.4, -0.2) is 106 Å². The summed E-state index contributed by atoms with van der Waals surface area (Å²) in [5.74, 6) is -3.53. The Kier molecular flexibility index (Phi) is 10.1. The lowest BCUT2D eigenvalue weighted by atomic mass is 9.95. The van der Waals surface area contributed by atoms with E-state index in [1.807, 2.05) is 20.8 Å². The van der Waals surface area contributed by atoms with Crippen molar-refractivity contribution in [3.8, 4) is 0 Å². The molecule has 6 rings (SSSR count). The predicted octanol–water partition coefficient (Wildman–Crippen LogP) is 0.653. The summed E-state index contributed by atoms with van der Waals surface area (Å²) >= 11 is 1.48. The number of amides is 3. The van der Waals surface area contributed by atoms with Gasteiger partial charge in [-0.15, -0.1) is 11.8 Å². The van der Waals surface area contributed by atoms with Crippen molar-refractivity contribution in [1.82, 2.24) is 15.1 Å². The Balaban J connectivity index is 0.000000392. The van der Waals surface area contributed by atoms with Gasteiger partial charge < -0.3 is 30.3 Å². The van der Waals surface area contributed by atoms with Crippen molar-refractivity contribution < 1.29 is 54.8 Å². The van der Waals surface area contributed by atoms with Crippen LogP contribution in [0.2, 0.25) is 0 Å².